The van der Waals surface area contributed by atoms with E-state index in [-0.39, 0.29) is 0 Å². The molecule has 0 bridgehead atoms. The number of carbonyl (C=O) groups is 1. The van der Waals surface area contributed by atoms with Crippen molar-refractivity contribution in [3.63, 3.8) is 0 Å². The lowest BCUT2D eigenvalue weighted by molar-refractivity contribution is -0.131. The van der Waals surface area contributed by atoms with Crippen molar-refractivity contribution >= 4 is 51.1 Å². The average molecular weight is 355 g/mol. The van der Waals surface area contributed by atoms with Crippen LogP contribution in [0, 0.1) is 0 Å². The maximum absolute atomic E-state index is 10.5. The minimum absolute atomic E-state index is 0.841. The van der Waals surface area contributed by atoms with E-state index >= 15 is 0 Å². The summed E-state index contributed by atoms with van der Waals surface area (Å²) in [6.45, 7) is 0. The Balaban J connectivity index is 2.04. The number of hydrogen-bond acceptors (Lipinski definition) is 3. The van der Waals surface area contributed by atoms with Gasteiger partial charge in [-0.05, 0) is 41.3 Å². The van der Waals surface area contributed by atoms with E-state index in [2.05, 4.69) is 28.1 Å². The zero-order valence-electron chi connectivity index (χ0n) is 9.88. The topological polar surface area (TPSA) is 37.3 Å². The maximum Gasteiger partial charge on any atom is 0.328 e. The molecule has 0 aliphatic rings. The lowest BCUT2D eigenvalue weighted by Crippen LogP contribution is -1.86. The number of hydrogen-bond donors (Lipinski definition) is 1. The van der Waals surface area contributed by atoms with Gasteiger partial charge in [-0.25, -0.2) is 4.79 Å². The van der Waals surface area contributed by atoms with Gasteiger partial charge in [0.15, 0.2) is 0 Å². The minimum atomic E-state index is -0.920. The molecule has 1 N–H and O–H groups in total. The molecule has 0 aliphatic heterocycles. The Bertz CT molecular complexity index is 605. The third-order valence-corrected chi connectivity index (χ3v) is 4.98. The summed E-state index contributed by atoms with van der Waals surface area (Å²) in [7, 11) is 0. The molecule has 1 heterocycles. The van der Waals surface area contributed by atoms with E-state index in [9.17, 15) is 4.79 Å². The number of aliphatic carboxylic acids is 1. The highest BCUT2D eigenvalue weighted by Crippen LogP contribution is 2.29. The predicted molar refractivity (Wildman–Crippen MR) is 84.7 cm³/mol. The van der Waals surface area contributed by atoms with E-state index in [1.54, 1.807) is 29.2 Å². The van der Waals surface area contributed by atoms with Gasteiger partial charge in [0.1, 0.15) is 0 Å². The van der Waals surface area contributed by atoms with Crippen molar-refractivity contribution in [3.05, 3.63) is 56.7 Å². The Kier molecular flexibility index (Phi) is 5.24. The van der Waals surface area contributed by atoms with Gasteiger partial charge in [-0.2, -0.15) is 0 Å². The van der Waals surface area contributed by atoms with Crippen LogP contribution in [0.15, 0.2) is 51.2 Å². The van der Waals surface area contributed by atoms with Crippen LogP contribution >= 0.6 is 39.0 Å². The molecule has 2 aromatic rings. The smallest absolute Gasteiger partial charge is 0.328 e. The molecule has 0 atom stereocenters. The fourth-order valence-electron chi connectivity index (χ4n) is 1.48. The van der Waals surface area contributed by atoms with Gasteiger partial charge in [0.2, 0.25) is 0 Å². The monoisotopic (exact) mass is 354 g/mol. The molecule has 2 nitrogen and oxygen atoms in total. The van der Waals surface area contributed by atoms with Crippen LogP contribution in [0.2, 0.25) is 0 Å². The molecule has 1 aromatic heterocycles. The zero-order chi connectivity index (χ0) is 13.7. The van der Waals surface area contributed by atoms with Crippen LogP contribution in [0.3, 0.4) is 0 Å². The van der Waals surface area contributed by atoms with Crippen molar-refractivity contribution in [3.8, 4) is 0 Å². The van der Waals surface area contributed by atoms with Crippen LogP contribution in [0.25, 0.3) is 6.08 Å². The Morgan fingerprint density at radius 2 is 2.26 bits per heavy atom. The standard InChI is InChI=1S/C14H11BrO2S2/c15-11-2-1-3-12(8-11)19-9-13-10(6-7-18-13)4-5-14(16)17/h1-8H,9H2,(H,16,17). The van der Waals surface area contributed by atoms with E-state index in [4.69, 9.17) is 5.11 Å². The van der Waals surface area contributed by atoms with Crippen LogP contribution < -0.4 is 0 Å². The van der Waals surface area contributed by atoms with Crippen molar-refractivity contribution in [1.82, 2.24) is 0 Å². The van der Waals surface area contributed by atoms with Gasteiger partial charge in [-0.15, -0.1) is 23.1 Å². The Labute approximate surface area is 128 Å². The summed E-state index contributed by atoms with van der Waals surface area (Å²) in [5.74, 6) is -0.0789. The van der Waals surface area contributed by atoms with Crippen LogP contribution in [-0.4, -0.2) is 11.1 Å². The van der Waals surface area contributed by atoms with Crippen LogP contribution in [0.4, 0.5) is 0 Å². The van der Waals surface area contributed by atoms with Crippen LogP contribution in [0.5, 0.6) is 0 Å². The van der Waals surface area contributed by atoms with Gasteiger partial charge in [0, 0.05) is 26.1 Å². The molecule has 19 heavy (non-hydrogen) atoms. The van der Waals surface area contributed by atoms with E-state index in [1.807, 2.05) is 23.6 Å². The fourth-order valence-corrected chi connectivity index (χ4v) is 3.98. The normalized spacial score (nSPS) is 11.0. The molecule has 0 saturated heterocycles. The molecule has 0 radical (unpaired) electrons. The van der Waals surface area contributed by atoms with Gasteiger partial charge < -0.3 is 5.11 Å². The number of thioether (sulfide) groups is 1. The molecular weight excluding hydrogens is 344 g/mol. The van der Waals surface area contributed by atoms with E-state index in [0.29, 0.717) is 0 Å². The molecule has 0 fully saturated rings. The molecule has 0 unspecified atom stereocenters. The average Bonchev–Trinajstić information content (AvgIpc) is 2.81. The van der Waals surface area contributed by atoms with Gasteiger partial charge in [0.05, 0.1) is 0 Å². The molecule has 0 amide bonds. The molecule has 0 spiro atoms. The number of thiophene rings is 1. The third-order valence-electron chi connectivity index (χ3n) is 2.35. The summed E-state index contributed by atoms with van der Waals surface area (Å²) in [6, 6.07) is 10.1. The number of halogens is 1. The highest BCUT2D eigenvalue weighted by molar-refractivity contribution is 9.10. The zero-order valence-corrected chi connectivity index (χ0v) is 13.1. The van der Waals surface area contributed by atoms with Gasteiger partial charge in [-0.3, -0.25) is 0 Å². The molecule has 98 valence electrons. The SMILES string of the molecule is O=C(O)C=Cc1ccsc1CSc1cccc(Br)c1. The van der Waals surface area contributed by atoms with Crippen LogP contribution in [-0.2, 0) is 10.5 Å². The quantitative estimate of drug-likeness (QED) is 0.612. The molecule has 1 aromatic carbocycles. The highest BCUT2D eigenvalue weighted by Gasteiger charge is 2.03. The van der Waals surface area contributed by atoms with Crippen molar-refractivity contribution in [2.24, 2.45) is 0 Å². The number of rotatable bonds is 5. The van der Waals surface area contributed by atoms with E-state index < -0.39 is 5.97 Å². The summed E-state index contributed by atoms with van der Waals surface area (Å²) >= 11 is 6.84. The highest BCUT2D eigenvalue weighted by atomic mass is 79.9. The van der Waals surface area contributed by atoms with Crippen molar-refractivity contribution in [1.29, 1.82) is 0 Å². The van der Waals surface area contributed by atoms with Gasteiger partial charge in [-0.1, -0.05) is 22.0 Å². The fraction of sp³-hybridized carbons (Fsp3) is 0.0714. The first-order chi connectivity index (χ1) is 9.15. The minimum Gasteiger partial charge on any atom is -0.478 e. The summed E-state index contributed by atoms with van der Waals surface area (Å²) in [6.07, 6.45) is 2.82. The number of carboxylic acid groups (broad SMARTS) is 1. The van der Waals surface area contributed by atoms with Gasteiger partial charge >= 0.3 is 5.97 Å². The first-order valence-electron chi connectivity index (χ1n) is 5.51. The Morgan fingerprint density at radius 1 is 1.42 bits per heavy atom. The van der Waals surface area contributed by atoms with Crippen molar-refractivity contribution < 1.29 is 9.90 Å². The van der Waals surface area contributed by atoms with Crippen LogP contribution in [0.1, 0.15) is 10.4 Å². The molecular formula is C14H11BrO2S2. The molecule has 5 heteroatoms. The Morgan fingerprint density at radius 3 is 3.00 bits per heavy atom. The molecule has 0 saturated carbocycles. The first kappa shape index (κ1) is 14.4. The van der Waals surface area contributed by atoms with Crippen molar-refractivity contribution in [2.75, 3.05) is 0 Å². The number of carboxylic acids is 1. The summed E-state index contributed by atoms with van der Waals surface area (Å²) in [5, 5.41) is 10.6. The van der Waals surface area contributed by atoms with Gasteiger partial charge in [0.25, 0.3) is 0 Å². The lowest BCUT2D eigenvalue weighted by atomic mass is 10.2. The summed E-state index contributed by atoms with van der Waals surface area (Å²) in [4.78, 5) is 12.9. The van der Waals surface area contributed by atoms with E-state index in [0.717, 1.165) is 15.8 Å². The maximum atomic E-state index is 10.5. The lowest BCUT2D eigenvalue weighted by Gasteiger charge is -2.02. The third kappa shape index (κ3) is 4.53. The first-order valence-corrected chi connectivity index (χ1v) is 8.17. The predicted octanol–water partition coefficient (Wildman–Crippen LogP) is 4.90. The molecule has 0 aliphatic carbocycles. The second kappa shape index (κ2) is 6.93. The second-order valence-corrected chi connectivity index (χ2v) is 6.68. The number of benzene rings is 1. The summed E-state index contributed by atoms with van der Waals surface area (Å²) in [5.41, 5.74) is 0.981. The summed E-state index contributed by atoms with van der Waals surface area (Å²) < 4.78 is 1.06. The second-order valence-electron chi connectivity index (χ2n) is 3.72. The van der Waals surface area contributed by atoms with E-state index in [1.165, 1.54) is 15.8 Å². The van der Waals surface area contributed by atoms with Crippen molar-refractivity contribution in [2.45, 2.75) is 10.6 Å². The largest absolute Gasteiger partial charge is 0.478 e. The molecule has 2 rings (SSSR count). The Hall–Kier alpha value is -1.04.